The van der Waals surface area contributed by atoms with Crippen LogP contribution in [0.15, 0.2) is 48.5 Å². The monoisotopic (exact) mass is 542 g/mol. The molecule has 0 aromatic heterocycles. The Labute approximate surface area is 230 Å². The van der Waals surface area contributed by atoms with Gasteiger partial charge in [-0.3, -0.25) is 9.69 Å². The van der Waals surface area contributed by atoms with Gasteiger partial charge in [0.1, 0.15) is 12.4 Å². The van der Waals surface area contributed by atoms with Crippen LogP contribution in [0, 0.1) is 0 Å². The van der Waals surface area contributed by atoms with Gasteiger partial charge < -0.3 is 19.8 Å². The van der Waals surface area contributed by atoms with Crippen molar-refractivity contribution in [3.63, 3.8) is 0 Å². The summed E-state index contributed by atoms with van der Waals surface area (Å²) in [7, 11) is 0. The Morgan fingerprint density at radius 2 is 1.82 bits per heavy atom. The van der Waals surface area contributed by atoms with E-state index in [1.165, 1.54) is 4.90 Å². The first-order chi connectivity index (χ1) is 18.0. The predicted molar refractivity (Wildman–Crippen MR) is 148 cm³/mol. The molecule has 1 heterocycles. The summed E-state index contributed by atoms with van der Waals surface area (Å²) in [6.07, 6.45) is 3.38. The fourth-order valence-electron chi connectivity index (χ4n) is 6.01. The van der Waals surface area contributed by atoms with Gasteiger partial charge in [-0.15, -0.1) is 0 Å². The molecule has 2 aliphatic rings. The quantitative estimate of drug-likeness (QED) is 0.442. The minimum atomic E-state index is -1.18. The number of ether oxygens (including phenoxy) is 1. The minimum Gasteiger partial charge on any atom is -0.487 e. The predicted octanol–water partition coefficient (Wildman–Crippen LogP) is 6.08. The van der Waals surface area contributed by atoms with Gasteiger partial charge in [0.05, 0.1) is 22.6 Å². The van der Waals surface area contributed by atoms with Crippen molar-refractivity contribution in [2.24, 2.45) is 0 Å². The lowest BCUT2D eigenvalue weighted by Crippen LogP contribution is -2.53. The highest BCUT2D eigenvalue weighted by Gasteiger charge is 2.47. The van der Waals surface area contributed by atoms with E-state index in [-0.39, 0.29) is 11.9 Å². The molecular formula is C30H39ClN2O5. The number of hydrogen-bond acceptors (Lipinski definition) is 4. The van der Waals surface area contributed by atoms with Gasteiger partial charge in [-0.05, 0) is 63.3 Å². The molecule has 4 rings (SSSR count). The number of likely N-dealkylation sites (tertiary alicyclic amines) is 1. The van der Waals surface area contributed by atoms with Crippen LogP contribution >= 0.6 is 11.6 Å². The maximum Gasteiger partial charge on any atom is 0.408 e. The first-order valence-corrected chi connectivity index (χ1v) is 13.9. The van der Waals surface area contributed by atoms with Crippen LogP contribution in [-0.2, 0) is 11.4 Å². The molecule has 1 unspecified atom stereocenters. The molecule has 206 valence electrons. The smallest absolute Gasteiger partial charge is 0.408 e. The molecule has 1 saturated heterocycles. The van der Waals surface area contributed by atoms with E-state index in [2.05, 4.69) is 0 Å². The molecule has 0 radical (unpaired) electrons. The van der Waals surface area contributed by atoms with Crippen molar-refractivity contribution in [1.82, 2.24) is 9.80 Å². The molecule has 8 heteroatoms. The molecule has 2 atom stereocenters. The van der Waals surface area contributed by atoms with Crippen LogP contribution < -0.4 is 4.74 Å². The highest BCUT2D eigenvalue weighted by Crippen LogP contribution is 2.43. The molecule has 2 aromatic rings. The third kappa shape index (κ3) is 6.26. The van der Waals surface area contributed by atoms with Gasteiger partial charge in [-0.1, -0.05) is 67.3 Å². The highest BCUT2D eigenvalue weighted by molar-refractivity contribution is 6.32. The van der Waals surface area contributed by atoms with Crippen LogP contribution in [0.5, 0.6) is 5.75 Å². The third-order valence-corrected chi connectivity index (χ3v) is 8.09. The lowest BCUT2D eigenvalue weighted by molar-refractivity contribution is -0.140. The highest BCUT2D eigenvalue weighted by atomic mass is 35.5. The molecule has 2 fully saturated rings. The first-order valence-electron chi connectivity index (χ1n) is 13.5. The summed E-state index contributed by atoms with van der Waals surface area (Å²) in [5, 5.41) is 22.0. The van der Waals surface area contributed by atoms with Crippen LogP contribution in [0.2, 0.25) is 5.02 Å². The van der Waals surface area contributed by atoms with E-state index in [1.807, 2.05) is 57.2 Å². The maximum absolute atomic E-state index is 14.1. The Kier molecular flexibility index (Phi) is 8.58. The summed E-state index contributed by atoms with van der Waals surface area (Å²) in [6.45, 7) is 6.71. The van der Waals surface area contributed by atoms with E-state index >= 15 is 0 Å². The lowest BCUT2D eigenvalue weighted by atomic mass is 9.72. The van der Waals surface area contributed by atoms with E-state index in [9.17, 15) is 19.8 Å². The SMILES string of the molecule is CC(C)(C)N(C(=O)O)[C@@H]1CCN(C(=O)C(c2ccc(OCc3ccccc3)c(Cl)c2)C2(O)CCCCC2)C1. The number of amides is 2. The molecule has 1 aliphatic heterocycles. The van der Waals surface area contributed by atoms with Crippen molar-refractivity contribution < 1.29 is 24.5 Å². The first kappa shape index (κ1) is 28.2. The Balaban J connectivity index is 1.58. The maximum atomic E-state index is 14.1. The van der Waals surface area contributed by atoms with Gasteiger partial charge in [0.15, 0.2) is 0 Å². The fraction of sp³-hybridized carbons (Fsp3) is 0.533. The zero-order chi connectivity index (χ0) is 27.5. The molecule has 2 aromatic carbocycles. The number of carbonyl (C=O) groups is 2. The molecule has 2 amide bonds. The van der Waals surface area contributed by atoms with Gasteiger partial charge in [0.25, 0.3) is 0 Å². The number of halogens is 1. The lowest BCUT2D eigenvalue weighted by Gasteiger charge is -2.41. The van der Waals surface area contributed by atoms with Crippen molar-refractivity contribution in [2.75, 3.05) is 13.1 Å². The van der Waals surface area contributed by atoms with Crippen LogP contribution in [0.1, 0.15) is 76.3 Å². The van der Waals surface area contributed by atoms with Crippen molar-refractivity contribution in [1.29, 1.82) is 0 Å². The Morgan fingerprint density at radius 1 is 1.13 bits per heavy atom. The summed E-state index contributed by atoms with van der Waals surface area (Å²) < 4.78 is 5.93. The number of aliphatic hydroxyl groups is 1. The fourth-order valence-corrected chi connectivity index (χ4v) is 6.25. The summed E-state index contributed by atoms with van der Waals surface area (Å²) in [5.41, 5.74) is -0.0865. The Hall–Kier alpha value is -2.77. The van der Waals surface area contributed by atoms with E-state index in [1.54, 1.807) is 17.0 Å². The van der Waals surface area contributed by atoms with E-state index in [4.69, 9.17) is 16.3 Å². The van der Waals surface area contributed by atoms with E-state index in [0.29, 0.717) is 55.3 Å². The normalized spacial score (nSPS) is 20.1. The summed E-state index contributed by atoms with van der Waals surface area (Å²) >= 11 is 6.63. The summed E-state index contributed by atoms with van der Waals surface area (Å²) in [4.78, 5) is 29.3. The van der Waals surface area contributed by atoms with Gasteiger partial charge in [-0.25, -0.2) is 4.79 Å². The zero-order valence-electron chi connectivity index (χ0n) is 22.5. The molecule has 7 nitrogen and oxygen atoms in total. The number of carbonyl (C=O) groups excluding carboxylic acids is 1. The average molecular weight is 543 g/mol. The van der Waals surface area contributed by atoms with Gasteiger partial charge >= 0.3 is 6.09 Å². The summed E-state index contributed by atoms with van der Waals surface area (Å²) in [5.74, 6) is -0.440. The van der Waals surface area contributed by atoms with Gasteiger partial charge in [0, 0.05) is 18.6 Å². The standard InChI is InChI=1S/C30H39ClN2O5/c1-29(2,3)33(28(35)36)23-14-17-32(19-23)27(34)26(30(37)15-8-5-9-16-30)22-12-13-25(24(31)18-22)38-20-21-10-6-4-7-11-21/h4,6-7,10-13,18,23,26,37H,5,8-9,14-17,19-20H2,1-3H3,(H,35,36)/t23-,26?/m1/s1. The Morgan fingerprint density at radius 3 is 2.42 bits per heavy atom. The number of carboxylic acid groups (broad SMARTS) is 1. The van der Waals surface area contributed by atoms with E-state index < -0.39 is 23.2 Å². The van der Waals surface area contributed by atoms with Crippen molar-refractivity contribution in [2.45, 2.75) is 89.0 Å². The van der Waals surface area contributed by atoms with Crippen LogP contribution in [0.4, 0.5) is 4.79 Å². The van der Waals surface area contributed by atoms with Crippen molar-refractivity contribution in [3.05, 3.63) is 64.7 Å². The van der Waals surface area contributed by atoms with Crippen LogP contribution in [-0.4, -0.2) is 62.3 Å². The van der Waals surface area contributed by atoms with E-state index in [0.717, 1.165) is 24.8 Å². The molecule has 38 heavy (non-hydrogen) atoms. The molecule has 1 saturated carbocycles. The second-order valence-electron chi connectivity index (χ2n) is 11.6. The average Bonchev–Trinajstić information content (AvgIpc) is 3.33. The second-order valence-corrected chi connectivity index (χ2v) is 12.0. The van der Waals surface area contributed by atoms with Gasteiger partial charge in [0.2, 0.25) is 5.91 Å². The number of nitrogens with zero attached hydrogens (tertiary/aromatic N) is 2. The third-order valence-electron chi connectivity index (χ3n) is 7.80. The zero-order valence-corrected chi connectivity index (χ0v) is 23.3. The van der Waals surface area contributed by atoms with Crippen LogP contribution in [0.25, 0.3) is 0 Å². The second kappa shape index (κ2) is 11.5. The van der Waals surface area contributed by atoms with Crippen molar-refractivity contribution in [3.8, 4) is 5.75 Å². The number of rotatable bonds is 7. The Bertz CT molecular complexity index is 1130. The van der Waals surface area contributed by atoms with Gasteiger partial charge in [-0.2, -0.15) is 0 Å². The largest absolute Gasteiger partial charge is 0.487 e. The molecular weight excluding hydrogens is 504 g/mol. The van der Waals surface area contributed by atoms with Crippen molar-refractivity contribution >= 4 is 23.6 Å². The molecule has 1 aliphatic carbocycles. The topological polar surface area (TPSA) is 90.3 Å². The molecule has 0 bridgehead atoms. The van der Waals surface area contributed by atoms with Crippen LogP contribution in [0.3, 0.4) is 0 Å². The molecule has 0 spiro atoms. The minimum absolute atomic E-state index is 0.176. The number of hydrogen-bond donors (Lipinski definition) is 2. The molecule has 2 N–H and O–H groups in total. The summed E-state index contributed by atoms with van der Waals surface area (Å²) in [6, 6.07) is 14.8. The number of benzene rings is 2.